The van der Waals surface area contributed by atoms with Crippen molar-refractivity contribution in [1.29, 1.82) is 0 Å². The first-order valence-corrected chi connectivity index (χ1v) is 20.3. The second-order valence-electron chi connectivity index (χ2n) is 12.4. The highest BCUT2D eigenvalue weighted by atomic mass is 31.2. The largest absolute Gasteiger partial charge is 0.472 e. The highest BCUT2D eigenvalue weighted by molar-refractivity contribution is 7.47. The van der Waals surface area contributed by atoms with Gasteiger partial charge < -0.3 is 21.1 Å². The Morgan fingerprint density at radius 3 is 1.74 bits per heavy atom. The van der Waals surface area contributed by atoms with E-state index in [1.807, 2.05) is 6.08 Å². The van der Waals surface area contributed by atoms with Crippen LogP contribution in [0.3, 0.4) is 0 Å². The topological polar surface area (TPSA) is 131 Å². The third-order valence-corrected chi connectivity index (χ3v) is 8.88. The first-order chi connectivity index (χ1) is 22.9. The van der Waals surface area contributed by atoms with Crippen molar-refractivity contribution in [3.8, 4) is 0 Å². The molecule has 0 aromatic carbocycles. The molecule has 0 aliphatic heterocycles. The quantitative estimate of drug-likeness (QED) is 0.0302. The van der Waals surface area contributed by atoms with Crippen molar-refractivity contribution in [2.75, 3.05) is 19.8 Å². The van der Waals surface area contributed by atoms with Gasteiger partial charge in [0.05, 0.1) is 25.4 Å². The number of hydrogen-bond acceptors (Lipinski definition) is 6. The fourth-order valence-corrected chi connectivity index (χ4v) is 5.78. The van der Waals surface area contributed by atoms with E-state index >= 15 is 0 Å². The summed E-state index contributed by atoms with van der Waals surface area (Å²) in [7, 11) is -4.33. The fraction of sp³-hybridized carbons (Fsp3) is 0.763. The number of phosphoric ester groups is 1. The number of phosphoric acid groups is 1. The normalized spacial score (nSPS) is 14.9. The summed E-state index contributed by atoms with van der Waals surface area (Å²) in [5, 5.41) is 13.5. The van der Waals surface area contributed by atoms with E-state index in [0.717, 1.165) is 64.2 Å². The number of nitrogens with one attached hydrogen (secondary N) is 1. The van der Waals surface area contributed by atoms with Gasteiger partial charge in [-0.2, -0.15) is 0 Å². The highest BCUT2D eigenvalue weighted by Gasteiger charge is 2.26. The summed E-state index contributed by atoms with van der Waals surface area (Å²) in [6.07, 6.45) is 40.1. The molecule has 3 atom stereocenters. The lowest BCUT2D eigenvalue weighted by molar-refractivity contribution is -0.123. The van der Waals surface area contributed by atoms with Crippen LogP contribution in [0.4, 0.5) is 0 Å². The molecule has 47 heavy (non-hydrogen) atoms. The average Bonchev–Trinajstić information content (AvgIpc) is 3.05. The van der Waals surface area contributed by atoms with Gasteiger partial charge in [0, 0.05) is 13.0 Å². The monoisotopic (exact) mass is 683 g/mol. The maximum Gasteiger partial charge on any atom is 0.472 e. The molecular weight excluding hydrogens is 611 g/mol. The zero-order valence-corrected chi connectivity index (χ0v) is 30.9. The van der Waals surface area contributed by atoms with Gasteiger partial charge in [0.15, 0.2) is 0 Å². The molecule has 9 heteroatoms. The summed E-state index contributed by atoms with van der Waals surface area (Å²) in [5.41, 5.74) is 5.34. The molecule has 0 saturated carbocycles. The van der Waals surface area contributed by atoms with Crippen molar-refractivity contribution in [1.82, 2.24) is 5.32 Å². The zero-order valence-electron chi connectivity index (χ0n) is 30.0. The summed E-state index contributed by atoms with van der Waals surface area (Å²) in [6.45, 7) is 4.04. The molecule has 0 rings (SSSR count). The van der Waals surface area contributed by atoms with Crippen molar-refractivity contribution in [2.24, 2.45) is 5.73 Å². The molecule has 274 valence electrons. The summed E-state index contributed by atoms with van der Waals surface area (Å²) in [4.78, 5) is 22.5. The molecule has 0 aliphatic rings. The summed E-state index contributed by atoms with van der Waals surface area (Å²) >= 11 is 0. The lowest BCUT2D eigenvalue weighted by Crippen LogP contribution is -2.45. The van der Waals surface area contributed by atoms with Gasteiger partial charge >= 0.3 is 7.82 Å². The van der Waals surface area contributed by atoms with Gasteiger partial charge in [0.1, 0.15) is 0 Å². The standard InChI is InChI=1S/C38H71N2O6P/c1-3-5-7-9-11-13-14-15-16-17-18-19-20-21-22-24-26-28-30-32-38(42)40-36(35-46-47(43,44)45-34-33-39)37(41)31-29-27-25-23-12-10-8-6-4-2/h11,13,15-16,18-19,29,31,36-37,41H,3-10,12,14,17,20-28,30,32-35,39H2,1-2H3,(H,40,42)(H,43,44)/b13-11-,16-15-,19-18-,31-29+. The summed E-state index contributed by atoms with van der Waals surface area (Å²) in [5.74, 6) is -0.212. The second-order valence-corrected chi connectivity index (χ2v) is 13.9. The first kappa shape index (κ1) is 45.5. The Labute approximate surface area is 288 Å². The average molecular weight is 683 g/mol. The molecule has 0 bridgehead atoms. The Morgan fingerprint density at radius 1 is 0.702 bits per heavy atom. The van der Waals surface area contributed by atoms with E-state index in [1.54, 1.807) is 6.08 Å². The lowest BCUT2D eigenvalue weighted by atomic mass is 10.1. The van der Waals surface area contributed by atoms with Crippen LogP contribution in [0.2, 0.25) is 0 Å². The van der Waals surface area contributed by atoms with Crippen LogP contribution in [-0.2, 0) is 18.4 Å². The van der Waals surface area contributed by atoms with E-state index in [0.29, 0.717) is 6.42 Å². The van der Waals surface area contributed by atoms with Crippen molar-refractivity contribution < 1.29 is 28.4 Å². The Bertz CT molecular complexity index is 876. The molecule has 0 heterocycles. The van der Waals surface area contributed by atoms with Crippen LogP contribution in [0, 0.1) is 0 Å². The summed E-state index contributed by atoms with van der Waals surface area (Å²) in [6, 6.07) is -0.865. The van der Waals surface area contributed by atoms with E-state index < -0.39 is 20.0 Å². The predicted octanol–water partition coefficient (Wildman–Crippen LogP) is 9.77. The van der Waals surface area contributed by atoms with Crippen LogP contribution in [-0.4, -0.2) is 47.8 Å². The van der Waals surface area contributed by atoms with Crippen molar-refractivity contribution in [3.63, 3.8) is 0 Å². The molecule has 3 unspecified atom stereocenters. The molecule has 0 saturated heterocycles. The maximum absolute atomic E-state index is 12.7. The van der Waals surface area contributed by atoms with Crippen molar-refractivity contribution in [2.45, 2.75) is 167 Å². The number of carbonyl (C=O) groups is 1. The van der Waals surface area contributed by atoms with Crippen LogP contribution in [0.15, 0.2) is 48.6 Å². The number of hydrogen-bond donors (Lipinski definition) is 4. The SMILES string of the molecule is CCCCC/C=C\C/C=C\C/C=C\CCCCCCCCC(=O)NC(COP(=O)(O)OCCN)C(O)/C=C/CCCCCCCCC. The van der Waals surface area contributed by atoms with Gasteiger partial charge in [-0.1, -0.05) is 140 Å². The van der Waals surface area contributed by atoms with Crippen molar-refractivity contribution in [3.05, 3.63) is 48.6 Å². The molecule has 8 nitrogen and oxygen atoms in total. The van der Waals surface area contributed by atoms with E-state index in [4.69, 9.17) is 14.8 Å². The molecule has 0 aliphatic carbocycles. The Kier molecular flexibility index (Phi) is 33.2. The first-order valence-electron chi connectivity index (χ1n) is 18.8. The predicted molar refractivity (Wildman–Crippen MR) is 198 cm³/mol. The van der Waals surface area contributed by atoms with Gasteiger partial charge in [0.2, 0.25) is 5.91 Å². The number of aliphatic hydroxyl groups excluding tert-OH is 1. The molecule has 0 spiro atoms. The Hall–Kier alpha value is -1.54. The number of carbonyl (C=O) groups excluding carboxylic acids is 1. The van der Waals surface area contributed by atoms with Gasteiger partial charge in [-0.3, -0.25) is 13.8 Å². The third kappa shape index (κ3) is 32.8. The molecule has 0 fully saturated rings. The molecule has 5 N–H and O–H groups in total. The lowest BCUT2D eigenvalue weighted by Gasteiger charge is -2.23. The van der Waals surface area contributed by atoms with Crippen LogP contribution >= 0.6 is 7.82 Å². The number of unbranched alkanes of at least 4 members (excludes halogenated alkanes) is 16. The van der Waals surface area contributed by atoms with Crippen LogP contribution in [0.25, 0.3) is 0 Å². The van der Waals surface area contributed by atoms with E-state index in [9.17, 15) is 19.4 Å². The Morgan fingerprint density at radius 2 is 1.17 bits per heavy atom. The fourth-order valence-electron chi connectivity index (χ4n) is 5.02. The molecule has 0 radical (unpaired) electrons. The third-order valence-electron chi connectivity index (χ3n) is 7.90. The van der Waals surface area contributed by atoms with E-state index in [1.165, 1.54) is 70.6 Å². The van der Waals surface area contributed by atoms with E-state index in [-0.39, 0.29) is 25.7 Å². The highest BCUT2D eigenvalue weighted by Crippen LogP contribution is 2.43. The molecule has 0 aromatic rings. The number of allylic oxidation sites excluding steroid dienone is 7. The Balaban J connectivity index is 4.26. The number of nitrogens with two attached hydrogens (primary N) is 1. The summed E-state index contributed by atoms with van der Waals surface area (Å²) < 4.78 is 22.0. The van der Waals surface area contributed by atoms with Gasteiger partial charge in [0.25, 0.3) is 0 Å². The second kappa shape index (κ2) is 34.3. The minimum Gasteiger partial charge on any atom is -0.387 e. The van der Waals surface area contributed by atoms with Crippen LogP contribution in [0.5, 0.6) is 0 Å². The zero-order chi connectivity index (χ0) is 34.7. The van der Waals surface area contributed by atoms with Crippen molar-refractivity contribution >= 4 is 13.7 Å². The number of aliphatic hydroxyl groups is 1. The molecular formula is C38H71N2O6P. The minimum atomic E-state index is -4.33. The van der Waals surface area contributed by atoms with Crippen LogP contribution < -0.4 is 11.1 Å². The van der Waals surface area contributed by atoms with Crippen LogP contribution in [0.1, 0.15) is 155 Å². The van der Waals surface area contributed by atoms with E-state index in [2.05, 4.69) is 55.6 Å². The number of rotatable bonds is 34. The smallest absolute Gasteiger partial charge is 0.387 e. The molecule has 1 amide bonds. The minimum absolute atomic E-state index is 0.0741. The van der Waals surface area contributed by atoms with Gasteiger partial charge in [-0.15, -0.1) is 0 Å². The van der Waals surface area contributed by atoms with Gasteiger partial charge in [-0.25, -0.2) is 4.57 Å². The maximum atomic E-state index is 12.7. The van der Waals surface area contributed by atoms with Gasteiger partial charge in [-0.05, 0) is 57.8 Å². The number of amides is 1. The molecule has 0 aromatic heterocycles.